The van der Waals surface area contributed by atoms with E-state index in [4.69, 9.17) is 15.2 Å². The minimum absolute atomic E-state index is 0.0209. The molecule has 0 aliphatic heterocycles. The Balaban J connectivity index is 3.48. The average molecular weight is 290 g/mol. The summed E-state index contributed by atoms with van der Waals surface area (Å²) in [7, 11) is -2.73. The summed E-state index contributed by atoms with van der Waals surface area (Å²) in [6, 6.07) is -0.329. The van der Waals surface area contributed by atoms with E-state index in [2.05, 4.69) is 4.65 Å². The molecule has 0 aromatic heterocycles. The summed E-state index contributed by atoms with van der Waals surface area (Å²) in [5.41, 5.74) is -3.73. The number of benzene rings is 1. The van der Waals surface area contributed by atoms with Crippen molar-refractivity contribution in [3.8, 4) is 11.5 Å². The Kier molecular flexibility index (Phi) is 3.91. The van der Waals surface area contributed by atoms with E-state index in [0.29, 0.717) is 0 Å². The van der Waals surface area contributed by atoms with E-state index in [0.717, 1.165) is 0 Å². The molecule has 4 nitrogen and oxygen atoms in total. The number of halogens is 6. The summed E-state index contributed by atoms with van der Waals surface area (Å²) in [5, 5.41) is 25.9. The average Bonchev–Trinajstić information content (AvgIpc) is 2.16. The first-order valence-corrected chi connectivity index (χ1v) is 4.47. The predicted molar refractivity (Wildman–Crippen MR) is 48.9 cm³/mol. The summed E-state index contributed by atoms with van der Waals surface area (Å²) in [6.07, 6.45) is -10.4. The zero-order chi connectivity index (χ0) is 15.0. The molecule has 0 saturated carbocycles. The number of alkyl halides is 6. The quantitative estimate of drug-likeness (QED) is 0.573. The van der Waals surface area contributed by atoms with Gasteiger partial charge in [-0.25, -0.2) is 0 Å². The molecule has 0 spiro atoms. The highest BCUT2D eigenvalue weighted by Gasteiger charge is 2.41. The second-order valence-corrected chi connectivity index (χ2v) is 3.31. The van der Waals surface area contributed by atoms with Crippen LogP contribution in [-0.2, 0) is 12.4 Å². The highest BCUT2D eigenvalue weighted by molar-refractivity contribution is 6.33. The highest BCUT2D eigenvalue weighted by atomic mass is 19.4. The van der Waals surface area contributed by atoms with Gasteiger partial charge in [-0.05, 0) is 12.1 Å². The second-order valence-electron chi connectivity index (χ2n) is 3.31. The lowest BCUT2D eigenvalue weighted by Crippen LogP contribution is -2.23. The molecular weight excluding hydrogens is 285 g/mol. The van der Waals surface area contributed by atoms with E-state index < -0.39 is 42.3 Å². The van der Waals surface area contributed by atoms with Crippen LogP contribution in [0.4, 0.5) is 26.3 Å². The van der Waals surface area contributed by atoms with Crippen LogP contribution < -0.4 is 4.65 Å². The molecule has 0 aliphatic carbocycles. The van der Waals surface area contributed by atoms with Gasteiger partial charge in [0.25, 0.3) is 0 Å². The Morgan fingerprint density at radius 1 is 0.947 bits per heavy atom. The summed E-state index contributed by atoms with van der Waals surface area (Å²) in [5.74, 6) is -3.02. The van der Waals surface area contributed by atoms with Crippen molar-refractivity contribution in [2.24, 2.45) is 0 Å². The van der Waals surface area contributed by atoms with Crippen LogP contribution in [0.15, 0.2) is 12.1 Å². The normalized spacial score (nSPS) is 12.4. The van der Waals surface area contributed by atoms with Gasteiger partial charge in [0, 0.05) is 0 Å². The van der Waals surface area contributed by atoms with Crippen molar-refractivity contribution in [3.63, 3.8) is 0 Å². The molecule has 11 heteroatoms. The van der Waals surface area contributed by atoms with Crippen LogP contribution in [0.3, 0.4) is 0 Å². The van der Waals surface area contributed by atoms with Crippen LogP contribution in [0.25, 0.3) is 0 Å². The van der Waals surface area contributed by atoms with Crippen LogP contribution in [0.2, 0.25) is 0 Å². The number of aromatic hydroxyl groups is 1. The molecule has 0 saturated heterocycles. The Hall–Kier alpha value is -1.62. The molecule has 1 aromatic carbocycles. The van der Waals surface area contributed by atoms with Crippen LogP contribution in [0, 0.1) is 0 Å². The van der Waals surface area contributed by atoms with Gasteiger partial charge in [-0.2, -0.15) is 26.3 Å². The molecule has 0 heterocycles. The Bertz CT molecular complexity index is 470. The molecule has 1 aromatic rings. The number of phenolic OH excluding ortho intramolecular Hbond substituents is 1. The Morgan fingerprint density at radius 3 is 1.84 bits per heavy atom. The fraction of sp³-hybridized carbons (Fsp3) is 0.250. The van der Waals surface area contributed by atoms with Crippen molar-refractivity contribution in [3.05, 3.63) is 23.3 Å². The van der Waals surface area contributed by atoms with Crippen molar-refractivity contribution in [2.45, 2.75) is 12.4 Å². The molecule has 0 unspecified atom stereocenters. The number of phenols is 1. The summed E-state index contributed by atoms with van der Waals surface area (Å²) in [6.45, 7) is 0. The van der Waals surface area contributed by atoms with Gasteiger partial charge in [0.1, 0.15) is 5.56 Å². The first-order chi connectivity index (χ1) is 8.43. The lowest BCUT2D eigenvalue weighted by atomic mass is 10.1. The van der Waals surface area contributed by atoms with Gasteiger partial charge < -0.3 is 19.8 Å². The fourth-order valence-corrected chi connectivity index (χ4v) is 1.22. The molecule has 0 bridgehead atoms. The molecule has 3 N–H and O–H groups in total. The summed E-state index contributed by atoms with van der Waals surface area (Å²) < 4.78 is 78.4. The van der Waals surface area contributed by atoms with Crippen molar-refractivity contribution in [2.75, 3.05) is 0 Å². The number of hydrogen-bond donors (Lipinski definition) is 3. The summed E-state index contributed by atoms with van der Waals surface area (Å²) >= 11 is 0. The third kappa shape index (κ3) is 3.67. The largest absolute Gasteiger partial charge is 0.707 e. The molecule has 19 heavy (non-hydrogen) atoms. The van der Waals surface area contributed by atoms with E-state index in [1.165, 1.54) is 0 Å². The molecule has 0 fully saturated rings. The van der Waals surface area contributed by atoms with Gasteiger partial charge in [-0.15, -0.1) is 0 Å². The maximum absolute atomic E-state index is 12.5. The maximum Gasteiger partial charge on any atom is 0.707 e. The lowest BCUT2D eigenvalue weighted by molar-refractivity contribution is -0.143. The zero-order valence-corrected chi connectivity index (χ0v) is 8.75. The standard InChI is InChI=1S/C8H5BF6O4/c10-7(11,12)3-1-4(8(13,14)15)6(5(16)2-3)19-9(17)18/h1-2,16-18H. The third-order valence-corrected chi connectivity index (χ3v) is 1.93. The molecule has 0 aliphatic rings. The van der Waals surface area contributed by atoms with Crippen molar-refractivity contribution < 1.29 is 46.2 Å². The predicted octanol–water partition coefficient (Wildman–Crippen LogP) is 1.78. The highest BCUT2D eigenvalue weighted by Crippen LogP contribution is 2.45. The number of hydrogen-bond acceptors (Lipinski definition) is 4. The maximum atomic E-state index is 12.5. The van der Waals surface area contributed by atoms with E-state index in [1.807, 2.05) is 0 Å². The Morgan fingerprint density at radius 2 is 1.47 bits per heavy atom. The van der Waals surface area contributed by atoms with Crippen LogP contribution in [-0.4, -0.2) is 22.5 Å². The minimum atomic E-state index is -5.29. The van der Waals surface area contributed by atoms with Crippen molar-refractivity contribution in [1.29, 1.82) is 0 Å². The molecule has 0 amide bonds. The monoisotopic (exact) mass is 290 g/mol. The minimum Gasteiger partial charge on any atom is -0.509 e. The van der Waals surface area contributed by atoms with E-state index >= 15 is 0 Å². The second kappa shape index (κ2) is 4.81. The molecule has 1 rings (SSSR count). The Labute approximate surface area is 102 Å². The SMILES string of the molecule is OB(O)Oc1c(O)cc(C(F)(F)F)cc1C(F)(F)F. The molecule has 106 valence electrons. The molecule has 0 atom stereocenters. The van der Waals surface area contributed by atoms with Gasteiger partial charge in [0.05, 0.1) is 5.56 Å². The lowest BCUT2D eigenvalue weighted by Gasteiger charge is -2.17. The van der Waals surface area contributed by atoms with E-state index in [-0.39, 0.29) is 12.1 Å². The van der Waals surface area contributed by atoms with Crippen molar-refractivity contribution in [1.82, 2.24) is 0 Å². The van der Waals surface area contributed by atoms with Gasteiger partial charge >= 0.3 is 19.7 Å². The van der Waals surface area contributed by atoms with Gasteiger partial charge in [0.15, 0.2) is 11.5 Å². The van der Waals surface area contributed by atoms with Gasteiger partial charge in [-0.3, -0.25) is 0 Å². The first kappa shape index (κ1) is 15.4. The summed E-state index contributed by atoms with van der Waals surface area (Å²) in [4.78, 5) is 0. The van der Waals surface area contributed by atoms with Crippen LogP contribution >= 0.6 is 0 Å². The van der Waals surface area contributed by atoms with Gasteiger partial charge in [-0.1, -0.05) is 0 Å². The van der Waals surface area contributed by atoms with E-state index in [1.54, 1.807) is 0 Å². The third-order valence-electron chi connectivity index (χ3n) is 1.93. The molecule has 0 radical (unpaired) electrons. The van der Waals surface area contributed by atoms with Crippen LogP contribution in [0.1, 0.15) is 11.1 Å². The molecular formula is C8H5BF6O4. The van der Waals surface area contributed by atoms with Crippen LogP contribution in [0.5, 0.6) is 11.5 Å². The number of rotatable bonds is 2. The fourth-order valence-electron chi connectivity index (χ4n) is 1.22. The first-order valence-electron chi connectivity index (χ1n) is 4.47. The zero-order valence-electron chi connectivity index (χ0n) is 8.75. The van der Waals surface area contributed by atoms with E-state index in [9.17, 15) is 26.3 Å². The smallest absolute Gasteiger partial charge is 0.509 e. The van der Waals surface area contributed by atoms with Gasteiger partial charge in [0.2, 0.25) is 0 Å². The van der Waals surface area contributed by atoms with Crippen molar-refractivity contribution >= 4 is 7.32 Å². The topological polar surface area (TPSA) is 69.9 Å².